The average molecular weight is 673 g/mol. The smallest absolute Gasteiger partial charge is 0.416 e. The summed E-state index contributed by atoms with van der Waals surface area (Å²) < 4.78 is 63.9. The van der Waals surface area contributed by atoms with Crippen molar-refractivity contribution in [3.63, 3.8) is 0 Å². The Balaban J connectivity index is 1.31. The number of alkyl halides is 3. The third-order valence-electron chi connectivity index (χ3n) is 8.70. The molecular weight excluding hydrogens is 636 g/mol. The van der Waals surface area contributed by atoms with E-state index in [2.05, 4.69) is 10.1 Å². The zero-order chi connectivity index (χ0) is 34.9. The van der Waals surface area contributed by atoms with E-state index in [0.29, 0.717) is 24.7 Å². The van der Waals surface area contributed by atoms with Crippen LogP contribution in [0.5, 0.6) is 0 Å². The molecule has 6 rings (SSSR count). The molecule has 0 spiro atoms. The number of pyridine rings is 1. The fraction of sp³-hybridized carbons (Fsp3) is 0.500. The van der Waals surface area contributed by atoms with Crippen molar-refractivity contribution in [1.29, 1.82) is 0 Å². The van der Waals surface area contributed by atoms with Gasteiger partial charge in [-0.2, -0.15) is 18.3 Å². The molecule has 5 heterocycles. The van der Waals surface area contributed by atoms with Crippen molar-refractivity contribution >= 4 is 35.1 Å². The second-order valence-electron chi connectivity index (χ2n) is 13.5. The number of aromatic nitrogens is 4. The molecule has 0 unspecified atom stereocenters. The number of likely N-dealkylation sites (tertiary alicyclic amines) is 1. The topological polar surface area (TPSA) is 117 Å². The Labute approximate surface area is 274 Å². The Hall–Kier alpha value is -4.76. The lowest BCUT2D eigenvalue weighted by Gasteiger charge is -2.39. The molecule has 256 valence electrons. The van der Waals surface area contributed by atoms with E-state index in [-0.39, 0.29) is 48.3 Å². The van der Waals surface area contributed by atoms with E-state index < -0.39 is 53.0 Å². The van der Waals surface area contributed by atoms with Crippen LogP contribution >= 0.6 is 0 Å². The number of carbonyl (C=O) groups excluding carboxylic acids is 3. The lowest BCUT2D eigenvalue weighted by molar-refractivity contribution is -0.137. The largest absolute Gasteiger partial charge is 0.444 e. The standard InChI is InChI=1S/C32H36F4N8O4/c1-17-10-20(32(34,35)36)12-24(37-17)44-25(45)11-18-13-42(27-21(33)8-7-9-22(27)40(5)29(46)26(18)44)16-23-38-28(41(6)39-23)19-14-43(15-19)30(47)48-31(2,3)4/h7-10,12,18-19,26H,11,13-16H2,1-6H3/t18-,26+/m1/s1. The molecule has 2 aromatic heterocycles. The number of ether oxygens (including phenoxy) is 1. The molecule has 2 saturated heterocycles. The molecular formula is C32H36F4N8O4. The fourth-order valence-corrected chi connectivity index (χ4v) is 6.57. The Morgan fingerprint density at radius 1 is 1.04 bits per heavy atom. The minimum atomic E-state index is -4.69. The summed E-state index contributed by atoms with van der Waals surface area (Å²) in [5.41, 5.74) is -1.25. The summed E-state index contributed by atoms with van der Waals surface area (Å²) in [5.74, 6) is -1.88. The van der Waals surface area contributed by atoms with Gasteiger partial charge in [0.2, 0.25) is 11.8 Å². The lowest BCUT2D eigenvalue weighted by Crippen LogP contribution is -2.52. The molecule has 0 N–H and O–H groups in total. The summed E-state index contributed by atoms with van der Waals surface area (Å²) in [6.45, 7) is 7.55. The first-order valence-corrected chi connectivity index (χ1v) is 15.5. The number of para-hydroxylation sites is 1. The summed E-state index contributed by atoms with van der Waals surface area (Å²) in [5, 5.41) is 4.57. The molecule has 12 nitrogen and oxygen atoms in total. The lowest BCUT2D eigenvalue weighted by atomic mass is 9.95. The van der Waals surface area contributed by atoms with Crippen molar-refractivity contribution in [2.45, 2.75) is 64.4 Å². The predicted molar refractivity (Wildman–Crippen MR) is 166 cm³/mol. The molecule has 3 aliphatic heterocycles. The predicted octanol–water partition coefficient (Wildman–Crippen LogP) is 4.42. The Morgan fingerprint density at radius 2 is 1.75 bits per heavy atom. The second kappa shape index (κ2) is 11.7. The highest BCUT2D eigenvalue weighted by Crippen LogP contribution is 2.42. The third-order valence-corrected chi connectivity index (χ3v) is 8.70. The van der Waals surface area contributed by atoms with Crippen LogP contribution in [0.3, 0.4) is 0 Å². The van der Waals surface area contributed by atoms with E-state index in [4.69, 9.17) is 9.72 Å². The van der Waals surface area contributed by atoms with Crippen LogP contribution in [-0.4, -0.2) is 80.9 Å². The number of likely N-dealkylation sites (N-methyl/N-ethyl adjacent to an activating group) is 1. The number of nitrogens with zero attached hydrogens (tertiary/aromatic N) is 8. The first-order chi connectivity index (χ1) is 22.4. The zero-order valence-electron chi connectivity index (χ0n) is 27.4. The quantitative estimate of drug-likeness (QED) is 0.375. The number of fused-ring (bicyclic) bond motifs is 2. The number of hydrogen-bond acceptors (Lipinski definition) is 8. The summed E-state index contributed by atoms with van der Waals surface area (Å²) in [7, 11) is 3.17. The van der Waals surface area contributed by atoms with E-state index in [1.807, 2.05) is 0 Å². The number of carbonyl (C=O) groups is 3. The van der Waals surface area contributed by atoms with Crippen LogP contribution in [0.1, 0.15) is 56.0 Å². The molecule has 0 aliphatic carbocycles. The Morgan fingerprint density at radius 3 is 2.42 bits per heavy atom. The van der Waals surface area contributed by atoms with Crippen molar-refractivity contribution in [3.8, 4) is 0 Å². The second-order valence-corrected chi connectivity index (χ2v) is 13.5. The maximum absolute atomic E-state index is 15.6. The van der Waals surface area contributed by atoms with Crippen LogP contribution in [0.4, 0.5) is 39.5 Å². The summed E-state index contributed by atoms with van der Waals surface area (Å²) in [4.78, 5) is 54.4. The van der Waals surface area contributed by atoms with Crippen LogP contribution < -0.4 is 14.7 Å². The number of aryl methyl sites for hydroxylation is 2. The monoisotopic (exact) mass is 672 g/mol. The van der Waals surface area contributed by atoms with Crippen LogP contribution in [0, 0.1) is 18.7 Å². The van der Waals surface area contributed by atoms with Gasteiger partial charge >= 0.3 is 12.3 Å². The van der Waals surface area contributed by atoms with E-state index in [1.165, 1.54) is 31.0 Å². The molecule has 0 bridgehead atoms. The molecule has 0 saturated carbocycles. The van der Waals surface area contributed by atoms with Gasteiger partial charge < -0.3 is 19.4 Å². The van der Waals surface area contributed by atoms with E-state index in [1.54, 1.807) is 48.4 Å². The minimum absolute atomic E-state index is 0.00179. The third kappa shape index (κ3) is 6.15. The van der Waals surface area contributed by atoms with Gasteiger partial charge in [0.1, 0.15) is 29.1 Å². The molecule has 2 fully saturated rings. The van der Waals surface area contributed by atoms with Gasteiger partial charge in [0.25, 0.3) is 0 Å². The van der Waals surface area contributed by atoms with Crippen LogP contribution in [0.15, 0.2) is 30.3 Å². The molecule has 3 aliphatic rings. The number of halogens is 4. The van der Waals surface area contributed by atoms with Gasteiger partial charge in [-0.15, -0.1) is 0 Å². The van der Waals surface area contributed by atoms with Crippen molar-refractivity contribution in [2.24, 2.45) is 13.0 Å². The van der Waals surface area contributed by atoms with Gasteiger partial charge in [0.05, 0.1) is 29.4 Å². The van der Waals surface area contributed by atoms with E-state index >= 15 is 4.39 Å². The van der Waals surface area contributed by atoms with Gasteiger partial charge in [-0.3, -0.25) is 19.2 Å². The number of anilines is 3. The fourth-order valence-electron chi connectivity index (χ4n) is 6.57. The van der Waals surface area contributed by atoms with Crippen molar-refractivity contribution in [3.05, 3.63) is 59.1 Å². The average Bonchev–Trinajstić information content (AvgIpc) is 3.46. The van der Waals surface area contributed by atoms with Gasteiger partial charge in [0.15, 0.2) is 5.82 Å². The Bertz CT molecular complexity index is 1780. The number of amides is 3. The first kappa shape index (κ1) is 33.2. The normalized spacial score (nSPS) is 20.4. The van der Waals surface area contributed by atoms with Crippen molar-refractivity contribution < 1.29 is 36.7 Å². The molecule has 3 aromatic rings. The molecule has 3 amide bonds. The maximum atomic E-state index is 15.6. The maximum Gasteiger partial charge on any atom is 0.416 e. The van der Waals surface area contributed by atoms with Crippen LogP contribution in [0.25, 0.3) is 0 Å². The highest BCUT2D eigenvalue weighted by molar-refractivity contribution is 6.10. The Kier molecular flexibility index (Phi) is 8.11. The number of rotatable bonds is 4. The van der Waals surface area contributed by atoms with Crippen molar-refractivity contribution in [1.82, 2.24) is 24.6 Å². The molecule has 48 heavy (non-hydrogen) atoms. The van der Waals surface area contributed by atoms with Gasteiger partial charge in [0, 0.05) is 51.8 Å². The van der Waals surface area contributed by atoms with Crippen LogP contribution in [0.2, 0.25) is 0 Å². The SMILES string of the molecule is Cc1cc(C(F)(F)F)cc(N2C(=O)C[C@@H]3CN(Cc4nc(C5CN(C(=O)OC(C)(C)C)C5)n(C)n4)c4c(F)cccc4N(C)C(=O)[C@H]32)n1. The van der Waals surface area contributed by atoms with E-state index in [0.717, 1.165) is 17.0 Å². The summed E-state index contributed by atoms with van der Waals surface area (Å²) >= 11 is 0. The van der Waals surface area contributed by atoms with Crippen LogP contribution in [-0.2, 0) is 34.1 Å². The van der Waals surface area contributed by atoms with Gasteiger partial charge in [-0.05, 0) is 52.0 Å². The van der Waals surface area contributed by atoms with Gasteiger partial charge in [-0.1, -0.05) is 6.07 Å². The minimum Gasteiger partial charge on any atom is -0.444 e. The number of benzene rings is 1. The van der Waals surface area contributed by atoms with Crippen molar-refractivity contribution in [2.75, 3.05) is 41.4 Å². The summed E-state index contributed by atoms with van der Waals surface area (Å²) in [6, 6.07) is 4.73. The highest BCUT2D eigenvalue weighted by atomic mass is 19.4. The summed E-state index contributed by atoms with van der Waals surface area (Å²) in [6.07, 6.45) is -5.29. The molecule has 1 aromatic carbocycles. The highest BCUT2D eigenvalue weighted by Gasteiger charge is 2.50. The van der Waals surface area contributed by atoms with E-state index in [9.17, 15) is 27.6 Å². The molecule has 16 heteroatoms. The molecule has 2 atom stereocenters. The van der Waals surface area contributed by atoms with Gasteiger partial charge in [-0.25, -0.2) is 19.2 Å². The molecule has 0 radical (unpaired) electrons. The number of hydrogen-bond donors (Lipinski definition) is 0. The first-order valence-electron chi connectivity index (χ1n) is 15.5. The zero-order valence-corrected chi connectivity index (χ0v) is 27.4.